The normalized spacial score (nSPS) is 11.3. The third kappa shape index (κ3) is 5.48. The summed E-state index contributed by atoms with van der Waals surface area (Å²) in [6, 6.07) is 79.7. The van der Waals surface area contributed by atoms with Crippen LogP contribution in [0.1, 0.15) is 0 Å². The number of hydrogen-bond donors (Lipinski definition) is 0. The maximum absolute atomic E-state index is 2.44. The summed E-state index contributed by atoms with van der Waals surface area (Å²) in [5.41, 5.74) is 14.8. The van der Waals surface area contributed by atoms with Crippen LogP contribution in [-0.4, -0.2) is 0 Å². The minimum atomic E-state index is 1.20. The SMILES string of the molecule is c1ccc(-c2ccccc2-c2ccc(-c3c(-c4ccccc4)ccc4ccc(-c5c6ccccc6c(-c6ccccc6)c6ccccc56)cc34)cc2)cc1. The Kier molecular flexibility index (Phi) is 7.93. The molecular weight excluding hydrogens is 649 g/mol. The van der Waals surface area contributed by atoms with Gasteiger partial charge in [-0.1, -0.05) is 212 Å². The number of rotatable bonds is 6. The molecule has 252 valence electrons. The summed E-state index contributed by atoms with van der Waals surface area (Å²) in [6.45, 7) is 0. The summed E-state index contributed by atoms with van der Waals surface area (Å²) < 4.78 is 0. The van der Waals surface area contributed by atoms with Crippen LogP contribution in [0.4, 0.5) is 0 Å². The van der Waals surface area contributed by atoms with E-state index >= 15 is 0 Å². The van der Waals surface area contributed by atoms with Gasteiger partial charge in [0, 0.05) is 0 Å². The molecule has 0 heteroatoms. The third-order valence-corrected chi connectivity index (χ3v) is 10.9. The van der Waals surface area contributed by atoms with Crippen molar-refractivity contribution in [3.05, 3.63) is 218 Å². The summed E-state index contributed by atoms with van der Waals surface area (Å²) in [4.78, 5) is 0. The fraction of sp³-hybridized carbons (Fsp3) is 0. The van der Waals surface area contributed by atoms with Crippen LogP contribution in [0.2, 0.25) is 0 Å². The maximum atomic E-state index is 2.44. The molecule has 0 bridgehead atoms. The summed E-state index contributed by atoms with van der Waals surface area (Å²) in [6.07, 6.45) is 0. The zero-order valence-electron chi connectivity index (χ0n) is 29.8. The van der Waals surface area contributed by atoms with Crippen LogP contribution in [0.15, 0.2) is 218 Å². The molecule has 0 nitrogen and oxygen atoms in total. The van der Waals surface area contributed by atoms with Gasteiger partial charge in [0.1, 0.15) is 0 Å². The van der Waals surface area contributed by atoms with Gasteiger partial charge in [0.2, 0.25) is 0 Å². The van der Waals surface area contributed by atoms with E-state index in [0.29, 0.717) is 0 Å². The Hall–Kier alpha value is -7.02. The van der Waals surface area contributed by atoms with E-state index in [-0.39, 0.29) is 0 Å². The Balaban J connectivity index is 1.20. The Bertz CT molecular complexity index is 2880. The summed E-state index contributed by atoms with van der Waals surface area (Å²) >= 11 is 0. The molecule has 0 radical (unpaired) electrons. The summed E-state index contributed by atoms with van der Waals surface area (Å²) in [5, 5.41) is 7.52. The average Bonchev–Trinajstić information content (AvgIpc) is 3.26. The minimum absolute atomic E-state index is 1.20. The lowest BCUT2D eigenvalue weighted by Gasteiger charge is -2.19. The maximum Gasteiger partial charge on any atom is -0.00261 e. The Labute approximate surface area is 316 Å². The van der Waals surface area contributed by atoms with Crippen molar-refractivity contribution >= 4 is 32.3 Å². The Morgan fingerprint density at radius 2 is 0.537 bits per heavy atom. The molecule has 0 spiro atoms. The van der Waals surface area contributed by atoms with Crippen molar-refractivity contribution in [1.82, 2.24) is 0 Å². The monoisotopic (exact) mass is 684 g/mol. The standard InChI is InChI=1S/C54H36/c1-4-16-37(17-5-1)44-22-10-11-23-45(44)39-28-31-42(32-29-39)52-46(38-18-6-2-7-19-38)35-34-40-30-33-43(36-51(40)52)54-49-26-14-12-24-47(49)53(41-20-8-3-9-21-41)48-25-13-15-27-50(48)54/h1-36H. The van der Waals surface area contributed by atoms with Crippen LogP contribution >= 0.6 is 0 Å². The van der Waals surface area contributed by atoms with Gasteiger partial charge in [-0.15, -0.1) is 0 Å². The van der Waals surface area contributed by atoms with Crippen molar-refractivity contribution in [3.63, 3.8) is 0 Å². The Morgan fingerprint density at radius 1 is 0.185 bits per heavy atom. The predicted octanol–water partition coefficient (Wildman–Crippen LogP) is 15.1. The molecule has 0 aliphatic rings. The number of benzene rings is 10. The van der Waals surface area contributed by atoms with Crippen LogP contribution < -0.4 is 0 Å². The number of hydrogen-bond acceptors (Lipinski definition) is 0. The van der Waals surface area contributed by atoms with Crippen molar-refractivity contribution in [3.8, 4) is 66.8 Å². The highest BCUT2D eigenvalue weighted by Crippen LogP contribution is 2.46. The first-order valence-electron chi connectivity index (χ1n) is 18.7. The summed E-state index contributed by atoms with van der Waals surface area (Å²) in [7, 11) is 0. The quantitative estimate of drug-likeness (QED) is 0.153. The van der Waals surface area contributed by atoms with Gasteiger partial charge in [0.25, 0.3) is 0 Å². The second kappa shape index (κ2) is 13.5. The van der Waals surface area contributed by atoms with E-state index in [0.717, 1.165) is 0 Å². The molecule has 0 unspecified atom stereocenters. The van der Waals surface area contributed by atoms with Crippen LogP contribution in [0, 0.1) is 0 Å². The zero-order chi connectivity index (χ0) is 35.8. The lowest BCUT2D eigenvalue weighted by Crippen LogP contribution is -1.92. The van der Waals surface area contributed by atoms with Crippen LogP contribution in [0.5, 0.6) is 0 Å². The predicted molar refractivity (Wildman–Crippen MR) is 232 cm³/mol. The molecule has 54 heavy (non-hydrogen) atoms. The number of fused-ring (bicyclic) bond motifs is 3. The first-order chi connectivity index (χ1) is 26.8. The van der Waals surface area contributed by atoms with E-state index in [4.69, 9.17) is 0 Å². The molecule has 0 atom stereocenters. The molecule has 0 saturated carbocycles. The summed E-state index contributed by atoms with van der Waals surface area (Å²) in [5.74, 6) is 0. The Morgan fingerprint density at radius 3 is 1.07 bits per heavy atom. The molecule has 10 aromatic carbocycles. The van der Waals surface area contributed by atoms with Gasteiger partial charge in [-0.05, 0) is 105 Å². The lowest BCUT2D eigenvalue weighted by molar-refractivity contribution is 1.57. The molecule has 0 aromatic heterocycles. The van der Waals surface area contributed by atoms with E-state index in [1.165, 1.54) is 99.1 Å². The molecule has 0 aliphatic heterocycles. The molecule has 0 heterocycles. The van der Waals surface area contributed by atoms with E-state index < -0.39 is 0 Å². The van der Waals surface area contributed by atoms with E-state index in [9.17, 15) is 0 Å². The van der Waals surface area contributed by atoms with Gasteiger partial charge in [-0.25, -0.2) is 0 Å². The molecule has 0 amide bonds. The minimum Gasteiger partial charge on any atom is -0.0622 e. The second-order valence-electron chi connectivity index (χ2n) is 14.0. The average molecular weight is 685 g/mol. The third-order valence-electron chi connectivity index (χ3n) is 10.9. The van der Waals surface area contributed by atoms with Crippen molar-refractivity contribution < 1.29 is 0 Å². The molecule has 0 aliphatic carbocycles. The van der Waals surface area contributed by atoms with Crippen LogP contribution in [0.25, 0.3) is 99.1 Å². The molecule has 10 rings (SSSR count). The van der Waals surface area contributed by atoms with Crippen molar-refractivity contribution in [2.45, 2.75) is 0 Å². The molecule has 0 N–H and O–H groups in total. The lowest BCUT2D eigenvalue weighted by atomic mass is 9.84. The molecular formula is C54H36. The van der Waals surface area contributed by atoms with Crippen molar-refractivity contribution in [1.29, 1.82) is 0 Å². The van der Waals surface area contributed by atoms with Crippen molar-refractivity contribution in [2.75, 3.05) is 0 Å². The smallest absolute Gasteiger partial charge is 0.00261 e. The second-order valence-corrected chi connectivity index (χ2v) is 14.0. The highest BCUT2D eigenvalue weighted by molar-refractivity contribution is 6.22. The van der Waals surface area contributed by atoms with Crippen LogP contribution in [-0.2, 0) is 0 Å². The van der Waals surface area contributed by atoms with Crippen LogP contribution in [0.3, 0.4) is 0 Å². The highest BCUT2D eigenvalue weighted by atomic mass is 14.2. The van der Waals surface area contributed by atoms with Crippen molar-refractivity contribution in [2.24, 2.45) is 0 Å². The van der Waals surface area contributed by atoms with Gasteiger partial charge in [0.15, 0.2) is 0 Å². The van der Waals surface area contributed by atoms with E-state index in [1.807, 2.05) is 0 Å². The van der Waals surface area contributed by atoms with Gasteiger partial charge in [0.05, 0.1) is 0 Å². The topological polar surface area (TPSA) is 0 Å². The van der Waals surface area contributed by atoms with E-state index in [1.54, 1.807) is 0 Å². The fourth-order valence-electron chi connectivity index (χ4n) is 8.42. The van der Waals surface area contributed by atoms with Gasteiger partial charge in [-0.3, -0.25) is 0 Å². The highest BCUT2D eigenvalue weighted by Gasteiger charge is 2.19. The molecule has 0 fully saturated rings. The van der Waals surface area contributed by atoms with Gasteiger partial charge in [-0.2, -0.15) is 0 Å². The fourth-order valence-corrected chi connectivity index (χ4v) is 8.42. The first kappa shape index (κ1) is 31.7. The van der Waals surface area contributed by atoms with Gasteiger partial charge < -0.3 is 0 Å². The van der Waals surface area contributed by atoms with Gasteiger partial charge >= 0.3 is 0 Å². The first-order valence-corrected chi connectivity index (χ1v) is 18.7. The zero-order valence-corrected chi connectivity index (χ0v) is 29.8. The van der Waals surface area contributed by atoms with E-state index in [2.05, 4.69) is 218 Å². The molecule has 10 aromatic rings. The largest absolute Gasteiger partial charge is 0.0622 e. The molecule has 0 saturated heterocycles.